The number of hydrogen-bond acceptors (Lipinski definition) is 1. The van der Waals surface area contributed by atoms with Crippen LogP contribution in [-0.4, -0.2) is 9.97 Å². The molecule has 1 N–H and O–H groups in total. The van der Waals surface area contributed by atoms with Crippen molar-refractivity contribution < 1.29 is 4.57 Å². The highest BCUT2D eigenvalue weighted by atomic mass is 15.0. The SMILES string of the molecule is CC(C)c1cc(-c2ccccc2)cc(-c2ccccc2)[n+]1CCc1cnc[nH]1. The number of aryl methyl sites for hydroxylation is 1. The molecular weight excluding hydrogens is 342 g/mol. The number of H-pyrrole nitrogens is 1. The second kappa shape index (κ2) is 8.22. The Kier molecular flexibility index (Phi) is 5.34. The number of nitrogens with zero attached hydrogens (tertiary/aromatic N) is 2. The molecule has 3 heteroatoms. The predicted octanol–water partition coefficient (Wildman–Crippen LogP) is 5.40. The van der Waals surface area contributed by atoms with Gasteiger partial charge in [0.1, 0.15) is 0 Å². The molecular formula is C25H26N3+. The van der Waals surface area contributed by atoms with Crippen LogP contribution in [0.2, 0.25) is 0 Å². The number of aromatic nitrogens is 3. The molecule has 4 aromatic rings. The molecule has 0 unspecified atom stereocenters. The molecule has 0 atom stereocenters. The van der Waals surface area contributed by atoms with Crippen molar-refractivity contribution in [3.05, 3.63) is 96.7 Å². The summed E-state index contributed by atoms with van der Waals surface area (Å²) in [5.74, 6) is 0.424. The summed E-state index contributed by atoms with van der Waals surface area (Å²) in [6, 6.07) is 26.0. The second-order valence-corrected chi connectivity index (χ2v) is 7.42. The van der Waals surface area contributed by atoms with Crippen molar-refractivity contribution in [1.82, 2.24) is 9.97 Å². The van der Waals surface area contributed by atoms with Gasteiger partial charge < -0.3 is 4.98 Å². The lowest BCUT2D eigenvalue weighted by atomic mass is 9.98. The fraction of sp³-hybridized carbons (Fsp3) is 0.200. The molecule has 2 heterocycles. The Labute approximate surface area is 166 Å². The summed E-state index contributed by atoms with van der Waals surface area (Å²) in [5.41, 5.74) is 7.52. The Morgan fingerprint density at radius 3 is 2.14 bits per heavy atom. The Bertz CT molecular complexity index is 1020. The standard InChI is InChI=1S/C25H26N3/c1-19(2)24-15-22(20-9-5-3-6-10-20)16-25(21-11-7-4-8-12-21)28(24)14-13-23-17-26-18-27-23/h3-12,15-19H,13-14H2,1-2H3,(H,26,27)/q+1. The van der Waals surface area contributed by atoms with E-state index in [0.29, 0.717) is 5.92 Å². The van der Waals surface area contributed by atoms with E-state index in [4.69, 9.17) is 0 Å². The number of nitrogens with one attached hydrogen (secondary N) is 1. The van der Waals surface area contributed by atoms with Crippen LogP contribution in [0, 0.1) is 0 Å². The monoisotopic (exact) mass is 368 g/mol. The molecule has 2 aromatic carbocycles. The Morgan fingerprint density at radius 2 is 1.54 bits per heavy atom. The van der Waals surface area contributed by atoms with Gasteiger partial charge in [0.05, 0.1) is 6.33 Å². The summed E-state index contributed by atoms with van der Waals surface area (Å²) in [4.78, 5) is 7.39. The Balaban J connectivity index is 1.86. The average Bonchev–Trinajstić information content (AvgIpc) is 3.26. The van der Waals surface area contributed by atoms with Crippen molar-refractivity contribution in [2.24, 2.45) is 0 Å². The highest BCUT2D eigenvalue weighted by Gasteiger charge is 2.23. The molecule has 0 aliphatic heterocycles. The van der Waals surface area contributed by atoms with Gasteiger partial charge in [0.2, 0.25) is 5.69 Å². The minimum absolute atomic E-state index is 0.424. The first-order valence-corrected chi connectivity index (χ1v) is 9.88. The van der Waals surface area contributed by atoms with Crippen LogP contribution in [0.3, 0.4) is 0 Å². The number of benzene rings is 2. The molecule has 2 aromatic heterocycles. The van der Waals surface area contributed by atoms with Crippen LogP contribution < -0.4 is 4.57 Å². The number of rotatable bonds is 6. The van der Waals surface area contributed by atoms with Crippen LogP contribution in [0.5, 0.6) is 0 Å². The highest BCUT2D eigenvalue weighted by molar-refractivity contribution is 5.69. The molecule has 0 aliphatic rings. The summed E-state index contributed by atoms with van der Waals surface area (Å²) >= 11 is 0. The van der Waals surface area contributed by atoms with Crippen LogP contribution in [-0.2, 0) is 13.0 Å². The van der Waals surface area contributed by atoms with Crippen LogP contribution in [0.1, 0.15) is 31.2 Å². The highest BCUT2D eigenvalue weighted by Crippen LogP contribution is 2.27. The van der Waals surface area contributed by atoms with Gasteiger partial charge in [0, 0.05) is 41.9 Å². The molecule has 0 saturated heterocycles. The average molecular weight is 369 g/mol. The van der Waals surface area contributed by atoms with Gasteiger partial charge in [-0.1, -0.05) is 62.4 Å². The van der Waals surface area contributed by atoms with Crippen LogP contribution in [0.25, 0.3) is 22.4 Å². The van der Waals surface area contributed by atoms with E-state index in [1.165, 1.54) is 28.1 Å². The minimum Gasteiger partial charge on any atom is -0.348 e. The summed E-state index contributed by atoms with van der Waals surface area (Å²) in [5, 5.41) is 0. The maximum Gasteiger partial charge on any atom is 0.213 e. The number of aromatic amines is 1. The lowest BCUT2D eigenvalue weighted by Gasteiger charge is -2.14. The van der Waals surface area contributed by atoms with Crippen molar-refractivity contribution in [2.75, 3.05) is 0 Å². The summed E-state index contributed by atoms with van der Waals surface area (Å²) in [6.07, 6.45) is 4.59. The third kappa shape index (κ3) is 3.89. The van der Waals surface area contributed by atoms with E-state index in [9.17, 15) is 0 Å². The van der Waals surface area contributed by atoms with E-state index in [1.807, 2.05) is 6.20 Å². The summed E-state index contributed by atoms with van der Waals surface area (Å²) in [7, 11) is 0. The van der Waals surface area contributed by atoms with Gasteiger partial charge in [-0.2, -0.15) is 4.57 Å². The van der Waals surface area contributed by atoms with E-state index in [2.05, 4.69) is 101 Å². The molecule has 0 saturated carbocycles. The molecule has 28 heavy (non-hydrogen) atoms. The van der Waals surface area contributed by atoms with E-state index in [-0.39, 0.29) is 0 Å². The Hall–Kier alpha value is -3.20. The van der Waals surface area contributed by atoms with Crippen molar-refractivity contribution in [3.8, 4) is 22.4 Å². The largest absolute Gasteiger partial charge is 0.348 e. The van der Waals surface area contributed by atoms with Gasteiger partial charge in [-0.05, 0) is 23.3 Å². The summed E-state index contributed by atoms with van der Waals surface area (Å²) in [6.45, 7) is 5.45. The smallest absolute Gasteiger partial charge is 0.213 e. The fourth-order valence-electron chi connectivity index (χ4n) is 3.67. The quantitative estimate of drug-likeness (QED) is 0.454. The zero-order chi connectivity index (χ0) is 19.3. The van der Waals surface area contributed by atoms with E-state index >= 15 is 0 Å². The zero-order valence-electron chi connectivity index (χ0n) is 16.5. The van der Waals surface area contributed by atoms with Gasteiger partial charge in [-0.15, -0.1) is 0 Å². The normalized spacial score (nSPS) is 11.1. The predicted molar refractivity (Wildman–Crippen MR) is 114 cm³/mol. The molecule has 0 amide bonds. The van der Waals surface area contributed by atoms with Gasteiger partial charge in [-0.3, -0.25) is 0 Å². The first kappa shape index (κ1) is 18.2. The molecule has 0 bridgehead atoms. The molecule has 0 aliphatic carbocycles. The maximum absolute atomic E-state index is 4.16. The summed E-state index contributed by atoms with van der Waals surface area (Å²) < 4.78 is 2.47. The van der Waals surface area contributed by atoms with Crippen LogP contribution in [0.15, 0.2) is 85.3 Å². The van der Waals surface area contributed by atoms with Crippen LogP contribution in [0.4, 0.5) is 0 Å². The topological polar surface area (TPSA) is 32.6 Å². The molecule has 140 valence electrons. The number of imidazole rings is 1. The van der Waals surface area contributed by atoms with E-state index in [0.717, 1.165) is 18.7 Å². The van der Waals surface area contributed by atoms with Gasteiger partial charge >= 0.3 is 0 Å². The van der Waals surface area contributed by atoms with Crippen molar-refractivity contribution in [3.63, 3.8) is 0 Å². The minimum atomic E-state index is 0.424. The van der Waals surface area contributed by atoms with Crippen molar-refractivity contribution >= 4 is 0 Å². The molecule has 0 spiro atoms. The molecule has 0 radical (unpaired) electrons. The third-order valence-electron chi connectivity index (χ3n) is 5.13. The number of hydrogen-bond donors (Lipinski definition) is 1. The van der Waals surface area contributed by atoms with E-state index < -0.39 is 0 Å². The number of pyridine rings is 1. The first-order valence-electron chi connectivity index (χ1n) is 9.88. The second-order valence-electron chi connectivity index (χ2n) is 7.42. The molecule has 0 fully saturated rings. The molecule has 3 nitrogen and oxygen atoms in total. The maximum atomic E-state index is 4.16. The lowest BCUT2D eigenvalue weighted by molar-refractivity contribution is -0.694. The first-order chi connectivity index (χ1) is 13.7. The van der Waals surface area contributed by atoms with Gasteiger partial charge in [0.15, 0.2) is 12.2 Å². The van der Waals surface area contributed by atoms with Crippen molar-refractivity contribution in [1.29, 1.82) is 0 Å². The third-order valence-corrected chi connectivity index (χ3v) is 5.13. The van der Waals surface area contributed by atoms with Crippen LogP contribution >= 0.6 is 0 Å². The zero-order valence-corrected chi connectivity index (χ0v) is 16.5. The molecule has 4 rings (SSSR count). The van der Waals surface area contributed by atoms with Gasteiger partial charge in [-0.25, -0.2) is 4.98 Å². The van der Waals surface area contributed by atoms with Gasteiger partial charge in [0.25, 0.3) is 0 Å². The van der Waals surface area contributed by atoms with E-state index in [1.54, 1.807) is 6.33 Å². The van der Waals surface area contributed by atoms with Crippen molar-refractivity contribution in [2.45, 2.75) is 32.7 Å². The fourth-order valence-corrected chi connectivity index (χ4v) is 3.67. The lowest BCUT2D eigenvalue weighted by Crippen LogP contribution is -2.42. The Morgan fingerprint density at radius 1 is 0.857 bits per heavy atom.